The van der Waals surface area contributed by atoms with Crippen molar-refractivity contribution in [3.05, 3.63) is 35.3 Å². The number of ether oxygens (including phenoxy) is 2. The van der Waals surface area contributed by atoms with Crippen molar-refractivity contribution in [2.24, 2.45) is 0 Å². The Bertz CT molecular complexity index is 763. The van der Waals surface area contributed by atoms with Gasteiger partial charge in [0.1, 0.15) is 0 Å². The molecule has 0 bridgehead atoms. The second kappa shape index (κ2) is 9.90. The predicted octanol–water partition coefficient (Wildman–Crippen LogP) is 6.53. The normalized spacial score (nSPS) is 11.5. The summed E-state index contributed by atoms with van der Waals surface area (Å²) in [7, 11) is 1.72. The fourth-order valence-corrected chi connectivity index (χ4v) is 3.40. The molecule has 0 N–H and O–H groups in total. The second-order valence-electron chi connectivity index (χ2n) is 7.88. The lowest BCUT2D eigenvalue weighted by Gasteiger charge is -2.25. The molecule has 0 amide bonds. The molecule has 0 saturated heterocycles. The van der Waals surface area contributed by atoms with Crippen LogP contribution in [-0.2, 0) is 6.42 Å². The highest BCUT2D eigenvalue weighted by Gasteiger charge is 2.25. The fraction of sp³-hybridized carbons (Fsp3) is 0.583. The van der Waals surface area contributed by atoms with Crippen LogP contribution in [0.1, 0.15) is 90.1 Å². The topological polar surface area (TPSA) is 44.2 Å². The molecule has 0 aliphatic heterocycles. The summed E-state index contributed by atoms with van der Waals surface area (Å²) in [6.07, 6.45) is 4.83. The molecule has 0 saturated carbocycles. The number of hydrogen-bond acceptors (Lipinski definition) is 4. The molecule has 0 aromatic carbocycles. The average molecular weight is 385 g/mol. The molecule has 2 rings (SSSR count). The first kappa shape index (κ1) is 22.2. The highest BCUT2D eigenvalue weighted by atomic mass is 16.5. The molecule has 0 aliphatic rings. The van der Waals surface area contributed by atoms with Crippen molar-refractivity contribution < 1.29 is 9.47 Å². The van der Waals surface area contributed by atoms with E-state index >= 15 is 0 Å². The maximum atomic E-state index is 6.41. The Hall–Kier alpha value is -2.10. The molecule has 2 aromatic heterocycles. The van der Waals surface area contributed by atoms with Crippen molar-refractivity contribution in [1.29, 1.82) is 0 Å². The van der Waals surface area contributed by atoms with Crippen LogP contribution < -0.4 is 9.47 Å². The first-order chi connectivity index (χ1) is 13.4. The molecular formula is C24H36N2O2. The van der Waals surface area contributed by atoms with Gasteiger partial charge in [0.05, 0.1) is 24.6 Å². The third kappa shape index (κ3) is 4.65. The lowest BCUT2D eigenvalue weighted by molar-refractivity contribution is 0.181. The van der Waals surface area contributed by atoms with Gasteiger partial charge in [-0.1, -0.05) is 48.5 Å². The molecule has 4 nitrogen and oxygen atoms in total. The third-order valence-corrected chi connectivity index (χ3v) is 5.18. The minimum Gasteiger partial charge on any atom is -0.492 e. The van der Waals surface area contributed by atoms with E-state index in [1.807, 2.05) is 6.20 Å². The van der Waals surface area contributed by atoms with E-state index in [4.69, 9.17) is 14.5 Å². The molecule has 0 spiro atoms. The maximum absolute atomic E-state index is 6.41. The van der Waals surface area contributed by atoms with Crippen molar-refractivity contribution in [2.75, 3.05) is 7.11 Å². The SMILES string of the molecule is CCc1c(-c2ccc(C(C)C)nc2)nc(C(C)C)c(OC(CC)CC)c1OC. The molecule has 154 valence electrons. The zero-order chi connectivity index (χ0) is 20.8. The van der Waals surface area contributed by atoms with E-state index in [9.17, 15) is 0 Å². The van der Waals surface area contributed by atoms with Crippen LogP contribution in [0.5, 0.6) is 11.5 Å². The van der Waals surface area contributed by atoms with Gasteiger partial charge in [-0.25, -0.2) is 4.98 Å². The Morgan fingerprint density at radius 1 is 0.929 bits per heavy atom. The highest BCUT2D eigenvalue weighted by Crippen LogP contribution is 2.43. The summed E-state index contributed by atoms with van der Waals surface area (Å²) in [6, 6.07) is 4.21. The van der Waals surface area contributed by atoms with Crippen LogP contribution in [0.4, 0.5) is 0 Å². The molecule has 0 aliphatic carbocycles. The van der Waals surface area contributed by atoms with Gasteiger partial charge in [-0.3, -0.25) is 4.98 Å². The van der Waals surface area contributed by atoms with E-state index in [1.54, 1.807) is 7.11 Å². The summed E-state index contributed by atoms with van der Waals surface area (Å²) in [5.74, 6) is 2.25. The van der Waals surface area contributed by atoms with Crippen molar-refractivity contribution in [3.8, 4) is 22.8 Å². The van der Waals surface area contributed by atoms with Crippen LogP contribution in [0.15, 0.2) is 18.3 Å². The number of methoxy groups -OCH3 is 1. The Morgan fingerprint density at radius 3 is 2.04 bits per heavy atom. The van der Waals surface area contributed by atoms with E-state index in [0.29, 0.717) is 5.92 Å². The van der Waals surface area contributed by atoms with Gasteiger partial charge in [0.2, 0.25) is 0 Å². The Labute approximate surface area is 170 Å². The van der Waals surface area contributed by atoms with Crippen LogP contribution >= 0.6 is 0 Å². The Kier molecular flexibility index (Phi) is 7.85. The quantitative estimate of drug-likeness (QED) is 0.493. The Morgan fingerprint density at radius 2 is 1.61 bits per heavy atom. The van der Waals surface area contributed by atoms with Gasteiger partial charge in [-0.05, 0) is 43.2 Å². The van der Waals surface area contributed by atoms with E-state index in [-0.39, 0.29) is 12.0 Å². The summed E-state index contributed by atoms with van der Waals surface area (Å²) in [4.78, 5) is 9.72. The van der Waals surface area contributed by atoms with E-state index in [2.05, 4.69) is 65.6 Å². The summed E-state index contributed by atoms with van der Waals surface area (Å²) >= 11 is 0. The number of nitrogens with zero attached hydrogens (tertiary/aromatic N) is 2. The number of pyridine rings is 2. The largest absolute Gasteiger partial charge is 0.492 e. The molecule has 28 heavy (non-hydrogen) atoms. The standard InChI is InChI=1S/C24H36N2O2/c1-9-18(10-2)28-24-21(16(6)7)26-22(19(11-3)23(24)27-8)17-12-13-20(15(4)5)25-14-17/h12-16,18H,9-11H2,1-8H3. The van der Waals surface area contributed by atoms with Crippen LogP contribution in [0.25, 0.3) is 11.3 Å². The monoisotopic (exact) mass is 384 g/mol. The molecule has 2 heterocycles. The smallest absolute Gasteiger partial charge is 0.183 e. The van der Waals surface area contributed by atoms with Crippen LogP contribution in [0.2, 0.25) is 0 Å². The summed E-state index contributed by atoms with van der Waals surface area (Å²) in [5, 5.41) is 0. The average Bonchev–Trinajstić information content (AvgIpc) is 2.70. The molecular weight excluding hydrogens is 348 g/mol. The van der Waals surface area contributed by atoms with Gasteiger partial charge in [-0.15, -0.1) is 0 Å². The Balaban J connectivity index is 2.68. The van der Waals surface area contributed by atoms with E-state index in [1.165, 1.54) is 0 Å². The minimum absolute atomic E-state index is 0.163. The van der Waals surface area contributed by atoms with E-state index < -0.39 is 0 Å². The zero-order valence-corrected chi connectivity index (χ0v) is 18.8. The van der Waals surface area contributed by atoms with Crippen molar-refractivity contribution in [2.45, 2.75) is 85.7 Å². The van der Waals surface area contributed by atoms with Crippen LogP contribution in [0.3, 0.4) is 0 Å². The first-order valence-corrected chi connectivity index (χ1v) is 10.6. The van der Waals surface area contributed by atoms with Gasteiger partial charge >= 0.3 is 0 Å². The van der Waals surface area contributed by atoms with Gasteiger partial charge in [-0.2, -0.15) is 0 Å². The molecule has 0 unspecified atom stereocenters. The molecule has 4 heteroatoms. The lowest BCUT2D eigenvalue weighted by atomic mass is 9.98. The second-order valence-corrected chi connectivity index (χ2v) is 7.88. The highest BCUT2D eigenvalue weighted by molar-refractivity contribution is 5.69. The lowest BCUT2D eigenvalue weighted by Crippen LogP contribution is -2.17. The van der Waals surface area contributed by atoms with Crippen LogP contribution in [-0.4, -0.2) is 23.2 Å². The predicted molar refractivity (Wildman–Crippen MR) is 117 cm³/mol. The number of rotatable bonds is 9. The van der Waals surface area contributed by atoms with Crippen molar-refractivity contribution in [3.63, 3.8) is 0 Å². The summed E-state index contributed by atoms with van der Waals surface area (Å²) in [5.41, 5.74) is 5.08. The molecule has 0 atom stereocenters. The summed E-state index contributed by atoms with van der Waals surface area (Å²) < 4.78 is 12.3. The van der Waals surface area contributed by atoms with Gasteiger partial charge in [0.15, 0.2) is 11.5 Å². The minimum atomic E-state index is 0.163. The molecule has 2 aromatic rings. The number of hydrogen-bond donors (Lipinski definition) is 0. The van der Waals surface area contributed by atoms with Gasteiger partial charge < -0.3 is 9.47 Å². The first-order valence-electron chi connectivity index (χ1n) is 10.6. The summed E-state index contributed by atoms with van der Waals surface area (Å²) in [6.45, 7) is 15.0. The molecule has 0 fully saturated rings. The van der Waals surface area contributed by atoms with Crippen molar-refractivity contribution in [1.82, 2.24) is 9.97 Å². The fourth-order valence-electron chi connectivity index (χ4n) is 3.40. The molecule has 0 radical (unpaired) electrons. The van der Waals surface area contributed by atoms with Crippen molar-refractivity contribution >= 4 is 0 Å². The zero-order valence-electron chi connectivity index (χ0n) is 18.8. The third-order valence-electron chi connectivity index (χ3n) is 5.18. The number of aromatic nitrogens is 2. The van der Waals surface area contributed by atoms with Gasteiger partial charge in [0.25, 0.3) is 0 Å². The van der Waals surface area contributed by atoms with Crippen LogP contribution in [0, 0.1) is 0 Å². The van der Waals surface area contributed by atoms with Gasteiger partial charge in [0, 0.05) is 23.0 Å². The van der Waals surface area contributed by atoms with E-state index in [0.717, 1.165) is 59.0 Å². The maximum Gasteiger partial charge on any atom is 0.183 e.